The number of amides is 1. The number of aromatic nitrogens is 1. The Labute approximate surface area is 124 Å². The first-order chi connectivity index (χ1) is 9.67. The van der Waals surface area contributed by atoms with Crippen molar-refractivity contribution in [3.8, 4) is 0 Å². The summed E-state index contributed by atoms with van der Waals surface area (Å²) < 4.78 is 0. The number of nitrogens with zero attached hydrogens (tertiary/aromatic N) is 1. The van der Waals surface area contributed by atoms with Crippen LogP contribution in [0.2, 0.25) is 5.02 Å². The number of nitrogens with one attached hydrogen (secondary N) is 1. The van der Waals surface area contributed by atoms with Crippen molar-refractivity contribution in [3.63, 3.8) is 0 Å². The predicted octanol–water partition coefficient (Wildman–Crippen LogP) is 4.11. The molecule has 0 aliphatic rings. The van der Waals surface area contributed by atoms with Crippen molar-refractivity contribution in [2.24, 2.45) is 0 Å². The molecular weight excluding hydrogens is 272 g/mol. The third kappa shape index (κ3) is 2.99. The maximum absolute atomic E-state index is 12.3. The van der Waals surface area contributed by atoms with Crippen LogP contribution in [0.15, 0.2) is 36.7 Å². The summed E-state index contributed by atoms with van der Waals surface area (Å²) in [5.74, 6) is -0.201. The molecule has 0 spiro atoms. The zero-order valence-electron chi connectivity index (χ0n) is 11.6. The van der Waals surface area contributed by atoms with Gasteiger partial charge in [0.25, 0.3) is 5.91 Å². The van der Waals surface area contributed by atoms with Crippen LogP contribution in [-0.4, -0.2) is 10.9 Å². The van der Waals surface area contributed by atoms with Gasteiger partial charge in [0.1, 0.15) is 0 Å². The molecule has 0 aliphatic heterocycles. The van der Waals surface area contributed by atoms with Gasteiger partial charge in [-0.1, -0.05) is 43.6 Å². The number of aryl methyl sites for hydroxylation is 2. The summed E-state index contributed by atoms with van der Waals surface area (Å²) in [6, 6.07) is 7.70. The van der Waals surface area contributed by atoms with Crippen molar-refractivity contribution < 1.29 is 4.79 Å². The molecule has 0 bridgehead atoms. The van der Waals surface area contributed by atoms with Gasteiger partial charge in [0.15, 0.2) is 0 Å². The fraction of sp³-hybridized carbons (Fsp3) is 0.250. The number of hydrogen-bond donors (Lipinski definition) is 1. The Balaban J connectivity index is 2.35. The van der Waals surface area contributed by atoms with Gasteiger partial charge in [0, 0.05) is 18.1 Å². The van der Waals surface area contributed by atoms with Crippen molar-refractivity contribution in [2.45, 2.75) is 26.7 Å². The first-order valence-corrected chi connectivity index (χ1v) is 7.06. The van der Waals surface area contributed by atoms with E-state index in [0.717, 1.165) is 29.7 Å². The van der Waals surface area contributed by atoms with Gasteiger partial charge in [0.2, 0.25) is 0 Å². The normalized spacial score (nSPS) is 10.3. The molecule has 2 rings (SSSR count). The first kappa shape index (κ1) is 14.5. The maximum Gasteiger partial charge on any atom is 0.257 e. The highest BCUT2D eigenvalue weighted by Gasteiger charge is 2.14. The second kappa shape index (κ2) is 6.53. The molecule has 0 saturated carbocycles. The second-order valence-electron chi connectivity index (χ2n) is 4.47. The molecule has 4 heteroatoms. The molecule has 20 heavy (non-hydrogen) atoms. The van der Waals surface area contributed by atoms with Gasteiger partial charge >= 0.3 is 0 Å². The Morgan fingerprint density at radius 1 is 1.20 bits per heavy atom. The minimum atomic E-state index is -0.201. The highest BCUT2D eigenvalue weighted by Crippen LogP contribution is 2.24. The quantitative estimate of drug-likeness (QED) is 0.920. The van der Waals surface area contributed by atoms with Crippen LogP contribution in [0.5, 0.6) is 0 Å². The monoisotopic (exact) mass is 288 g/mol. The smallest absolute Gasteiger partial charge is 0.257 e. The zero-order chi connectivity index (χ0) is 14.5. The Kier molecular flexibility index (Phi) is 4.74. The van der Waals surface area contributed by atoms with Crippen LogP contribution in [-0.2, 0) is 12.8 Å². The Bertz CT molecular complexity index is 603. The number of rotatable bonds is 4. The van der Waals surface area contributed by atoms with E-state index in [2.05, 4.69) is 24.1 Å². The van der Waals surface area contributed by atoms with Crippen LogP contribution in [0.3, 0.4) is 0 Å². The number of halogens is 1. The number of carbonyl (C=O) groups excluding carboxylic acids is 1. The van der Waals surface area contributed by atoms with Crippen LogP contribution in [0.1, 0.15) is 35.3 Å². The molecule has 1 amide bonds. The topological polar surface area (TPSA) is 42.0 Å². The van der Waals surface area contributed by atoms with Crippen LogP contribution < -0.4 is 5.32 Å². The highest BCUT2D eigenvalue weighted by atomic mass is 35.5. The van der Waals surface area contributed by atoms with Gasteiger partial charge in [-0.05, 0) is 30.0 Å². The van der Waals surface area contributed by atoms with Crippen LogP contribution >= 0.6 is 11.6 Å². The first-order valence-electron chi connectivity index (χ1n) is 6.69. The molecule has 3 nitrogen and oxygen atoms in total. The van der Waals surface area contributed by atoms with E-state index in [0.29, 0.717) is 10.6 Å². The lowest BCUT2D eigenvalue weighted by Gasteiger charge is -2.14. The zero-order valence-corrected chi connectivity index (χ0v) is 12.4. The fourth-order valence-corrected chi connectivity index (χ4v) is 2.35. The van der Waals surface area contributed by atoms with Crippen LogP contribution in [0.4, 0.5) is 5.69 Å². The lowest BCUT2D eigenvalue weighted by molar-refractivity contribution is 0.102. The third-order valence-electron chi connectivity index (χ3n) is 3.25. The molecule has 1 N–H and O–H groups in total. The predicted molar refractivity (Wildman–Crippen MR) is 82.4 cm³/mol. The molecule has 1 aromatic heterocycles. The van der Waals surface area contributed by atoms with Crippen molar-refractivity contribution in [1.29, 1.82) is 0 Å². The largest absolute Gasteiger partial charge is 0.321 e. The standard InChI is InChI=1S/C16H17ClN2O/c1-3-11-6-5-7-12(4-2)15(11)19-16(20)13-8-9-18-10-14(13)17/h5-10H,3-4H2,1-2H3,(H,19,20). The van der Waals surface area contributed by atoms with Crippen molar-refractivity contribution in [2.75, 3.05) is 5.32 Å². The van der Waals surface area contributed by atoms with E-state index < -0.39 is 0 Å². The van der Waals surface area contributed by atoms with Gasteiger partial charge in [-0.2, -0.15) is 0 Å². The second-order valence-corrected chi connectivity index (χ2v) is 4.88. The summed E-state index contributed by atoms with van der Waals surface area (Å²) in [7, 11) is 0. The molecule has 0 unspecified atom stereocenters. The van der Waals surface area contributed by atoms with Crippen molar-refractivity contribution in [1.82, 2.24) is 4.98 Å². The molecule has 1 aromatic carbocycles. The Hall–Kier alpha value is -1.87. The molecule has 0 radical (unpaired) electrons. The van der Waals surface area contributed by atoms with Gasteiger partial charge in [-0.3, -0.25) is 9.78 Å². The molecule has 2 aromatic rings. The lowest BCUT2D eigenvalue weighted by atomic mass is 10.0. The SMILES string of the molecule is CCc1cccc(CC)c1NC(=O)c1ccncc1Cl. The summed E-state index contributed by atoms with van der Waals surface area (Å²) in [6.07, 6.45) is 4.78. The van der Waals surface area contributed by atoms with E-state index in [9.17, 15) is 4.79 Å². The number of benzene rings is 1. The fourth-order valence-electron chi connectivity index (χ4n) is 2.14. The number of hydrogen-bond acceptors (Lipinski definition) is 2. The summed E-state index contributed by atoms with van der Waals surface area (Å²) >= 11 is 6.01. The molecule has 0 atom stereocenters. The maximum atomic E-state index is 12.3. The van der Waals surface area contributed by atoms with E-state index in [4.69, 9.17) is 11.6 Å². The van der Waals surface area contributed by atoms with Gasteiger partial charge in [0.05, 0.1) is 10.6 Å². The summed E-state index contributed by atoms with van der Waals surface area (Å²) in [6.45, 7) is 4.15. The van der Waals surface area contributed by atoms with E-state index >= 15 is 0 Å². The number of anilines is 1. The van der Waals surface area contributed by atoms with Crippen molar-refractivity contribution >= 4 is 23.2 Å². The highest BCUT2D eigenvalue weighted by molar-refractivity contribution is 6.34. The average Bonchev–Trinajstić information content (AvgIpc) is 2.47. The average molecular weight is 289 g/mol. The number of para-hydroxylation sites is 1. The number of pyridine rings is 1. The van der Waals surface area contributed by atoms with E-state index in [-0.39, 0.29) is 5.91 Å². The van der Waals surface area contributed by atoms with Gasteiger partial charge in [-0.15, -0.1) is 0 Å². The molecule has 1 heterocycles. The number of carbonyl (C=O) groups is 1. The van der Waals surface area contributed by atoms with Crippen LogP contribution in [0.25, 0.3) is 0 Å². The van der Waals surface area contributed by atoms with Crippen LogP contribution in [0, 0.1) is 0 Å². The summed E-state index contributed by atoms with van der Waals surface area (Å²) in [5.41, 5.74) is 3.59. The third-order valence-corrected chi connectivity index (χ3v) is 3.56. The van der Waals surface area contributed by atoms with Crippen molar-refractivity contribution in [3.05, 3.63) is 58.4 Å². The minimum absolute atomic E-state index is 0.201. The molecular formula is C16H17ClN2O. The summed E-state index contributed by atoms with van der Waals surface area (Å²) in [4.78, 5) is 16.2. The molecule has 0 fully saturated rings. The minimum Gasteiger partial charge on any atom is -0.321 e. The molecule has 0 saturated heterocycles. The summed E-state index contributed by atoms with van der Waals surface area (Å²) in [5, 5.41) is 3.35. The molecule has 104 valence electrons. The van der Waals surface area contributed by atoms with Gasteiger partial charge in [-0.25, -0.2) is 0 Å². The molecule has 0 aliphatic carbocycles. The Morgan fingerprint density at radius 3 is 2.40 bits per heavy atom. The Morgan fingerprint density at radius 2 is 1.85 bits per heavy atom. The lowest BCUT2D eigenvalue weighted by Crippen LogP contribution is -2.15. The van der Waals surface area contributed by atoms with E-state index in [1.165, 1.54) is 6.20 Å². The van der Waals surface area contributed by atoms with Gasteiger partial charge < -0.3 is 5.32 Å². The van der Waals surface area contributed by atoms with E-state index in [1.807, 2.05) is 18.2 Å². The van der Waals surface area contributed by atoms with E-state index in [1.54, 1.807) is 12.3 Å².